The quantitative estimate of drug-likeness (QED) is 0.167. The summed E-state index contributed by atoms with van der Waals surface area (Å²) in [6.45, 7) is 4.78. The predicted octanol–water partition coefficient (Wildman–Crippen LogP) is 16.1. The van der Waals surface area contributed by atoms with Crippen molar-refractivity contribution in [2.24, 2.45) is 0 Å². The molecule has 1 aromatic heterocycles. The van der Waals surface area contributed by atoms with E-state index in [2.05, 4.69) is 244 Å². The molecule has 66 heavy (non-hydrogen) atoms. The van der Waals surface area contributed by atoms with Crippen LogP contribution in [-0.2, 0) is 10.8 Å². The van der Waals surface area contributed by atoms with Crippen molar-refractivity contribution in [3.8, 4) is 67.3 Å². The van der Waals surface area contributed by atoms with Crippen LogP contribution in [-0.4, -0.2) is 9.97 Å². The van der Waals surface area contributed by atoms with Crippen molar-refractivity contribution in [1.29, 1.82) is 0 Å². The first-order chi connectivity index (χ1) is 32.5. The number of rotatable bonds is 6. The number of benzene rings is 10. The molecule has 0 spiro atoms. The third kappa shape index (κ3) is 5.55. The zero-order valence-electron chi connectivity index (χ0n) is 36.8. The normalized spacial score (nSPS) is 13.8. The van der Waals surface area contributed by atoms with Gasteiger partial charge in [-0.05, 0) is 107 Å². The van der Waals surface area contributed by atoms with E-state index in [-0.39, 0.29) is 5.41 Å². The van der Waals surface area contributed by atoms with E-state index in [0.717, 1.165) is 33.5 Å². The molecule has 2 heteroatoms. The van der Waals surface area contributed by atoms with Crippen LogP contribution in [0.4, 0.5) is 0 Å². The van der Waals surface area contributed by atoms with Crippen LogP contribution in [0.5, 0.6) is 0 Å². The molecular weight excluding hydrogens is 797 g/mol. The molecule has 0 saturated heterocycles. The number of aromatic nitrogens is 2. The molecule has 0 N–H and O–H groups in total. The minimum Gasteiger partial charge on any atom is -0.228 e. The van der Waals surface area contributed by atoms with E-state index in [9.17, 15) is 0 Å². The van der Waals surface area contributed by atoms with Gasteiger partial charge in [0.2, 0.25) is 0 Å². The molecule has 13 rings (SSSR count). The number of hydrogen-bond acceptors (Lipinski definition) is 2. The lowest BCUT2D eigenvalue weighted by atomic mass is 9.67. The first-order valence-electron chi connectivity index (χ1n) is 23.0. The zero-order valence-corrected chi connectivity index (χ0v) is 36.8. The van der Waals surface area contributed by atoms with Gasteiger partial charge in [0, 0.05) is 22.1 Å². The van der Waals surface area contributed by atoms with Crippen LogP contribution in [0.1, 0.15) is 47.2 Å². The summed E-state index contributed by atoms with van der Waals surface area (Å²) in [6, 6.07) is 84.3. The van der Waals surface area contributed by atoms with Gasteiger partial charge in [-0.15, -0.1) is 0 Å². The minimum absolute atomic E-state index is 0.190. The minimum atomic E-state index is -0.518. The van der Waals surface area contributed by atoms with Gasteiger partial charge in [-0.3, -0.25) is 0 Å². The number of nitrogens with zero attached hydrogens (tertiary/aromatic N) is 2. The Labute approximate surface area is 385 Å². The van der Waals surface area contributed by atoms with Gasteiger partial charge in [0.05, 0.1) is 16.8 Å². The summed E-state index contributed by atoms with van der Waals surface area (Å²) < 4.78 is 0. The lowest BCUT2D eigenvalue weighted by Crippen LogP contribution is -2.28. The van der Waals surface area contributed by atoms with E-state index in [1.165, 1.54) is 82.9 Å². The number of hydrogen-bond donors (Lipinski definition) is 0. The van der Waals surface area contributed by atoms with Gasteiger partial charge in [0.15, 0.2) is 5.82 Å². The van der Waals surface area contributed by atoms with Crippen molar-refractivity contribution in [3.63, 3.8) is 0 Å². The third-order valence-corrected chi connectivity index (χ3v) is 14.5. The summed E-state index contributed by atoms with van der Waals surface area (Å²) in [5, 5.41) is 4.91. The maximum absolute atomic E-state index is 5.47. The Morgan fingerprint density at radius 1 is 0.333 bits per heavy atom. The standard InChI is InChI=1S/C64H44N2/c1-63(2)57-39-43-23-13-12-22-42(43)38-54(57)51-32-18-31-50(61(51)63)48-36-37-49(47-29-15-14-28-46(47)48)58-40-59(66-62(65-58)41-20-6-3-7-21-41)53-33-19-35-56-60(53)52-30-16-17-34-55(52)64(56,44-24-8-4-9-25-44)45-26-10-5-11-27-45/h3-40H,1-2H3. The summed E-state index contributed by atoms with van der Waals surface area (Å²) in [6.07, 6.45) is 0. The van der Waals surface area contributed by atoms with E-state index in [0.29, 0.717) is 5.82 Å². The lowest BCUT2D eigenvalue weighted by molar-refractivity contribution is 0.663. The summed E-state index contributed by atoms with van der Waals surface area (Å²) in [7, 11) is 0. The average molecular weight is 841 g/mol. The van der Waals surface area contributed by atoms with Crippen LogP contribution in [0.3, 0.4) is 0 Å². The summed E-state index contributed by atoms with van der Waals surface area (Å²) in [5.41, 5.74) is 19.6. The van der Waals surface area contributed by atoms with Gasteiger partial charge in [0.1, 0.15) is 0 Å². The first kappa shape index (κ1) is 38.3. The maximum atomic E-state index is 5.47. The van der Waals surface area contributed by atoms with Gasteiger partial charge in [0.25, 0.3) is 0 Å². The molecule has 0 amide bonds. The fourth-order valence-corrected chi connectivity index (χ4v) is 11.7. The largest absolute Gasteiger partial charge is 0.228 e. The molecule has 0 saturated carbocycles. The van der Waals surface area contributed by atoms with Crippen molar-refractivity contribution >= 4 is 21.5 Å². The molecule has 0 aliphatic heterocycles. The van der Waals surface area contributed by atoms with Gasteiger partial charge in [-0.2, -0.15) is 0 Å². The third-order valence-electron chi connectivity index (χ3n) is 14.5. The van der Waals surface area contributed by atoms with Crippen molar-refractivity contribution in [3.05, 3.63) is 264 Å². The van der Waals surface area contributed by atoms with E-state index < -0.39 is 5.41 Å². The van der Waals surface area contributed by atoms with Crippen LogP contribution in [0.15, 0.2) is 231 Å². The SMILES string of the molecule is CC1(C)c2cc3ccccc3cc2-c2cccc(-c3ccc(-c4cc(-c5cccc6c5-c5ccccc5C6(c5ccccc5)c5ccccc5)nc(-c5ccccc5)n4)c4ccccc34)c21. The molecule has 0 radical (unpaired) electrons. The maximum Gasteiger partial charge on any atom is 0.160 e. The first-order valence-corrected chi connectivity index (χ1v) is 23.0. The average Bonchev–Trinajstić information content (AvgIpc) is 3.81. The van der Waals surface area contributed by atoms with Crippen LogP contribution in [0.25, 0.3) is 88.8 Å². The van der Waals surface area contributed by atoms with Crippen LogP contribution in [0, 0.1) is 0 Å². The van der Waals surface area contributed by atoms with Crippen LogP contribution in [0.2, 0.25) is 0 Å². The summed E-state index contributed by atoms with van der Waals surface area (Å²) in [5.74, 6) is 0.699. The highest BCUT2D eigenvalue weighted by Crippen LogP contribution is 2.59. The molecule has 1 heterocycles. The van der Waals surface area contributed by atoms with E-state index in [1.807, 2.05) is 0 Å². The molecule has 0 atom stereocenters. The Bertz CT molecular complexity index is 3680. The smallest absolute Gasteiger partial charge is 0.160 e. The molecule has 10 aromatic carbocycles. The second-order valence-electron chi connectivity index (χ2n) is 18.4. The Kier molecular flexibility index (Phi) is 8.51. The zero-order chi connectivity index (χ0) is 44.0. The Morgan fingerprint density at radius 2 is 0.833 bits per heavy atom. The Hall–Kier alpha value is -8.20. The topological polar surface area (TPSA) is 25.8 Å². The van der Waals surface area contributed by atoms with Gasteiger partial charge in [-0.25, -0.2) is 9.97 Å². The van der Waals surface area contributed by atoms with Crippen molar-refractivity contribution in [2.45, 2.75) is 24.7 Å². The molecule has 0 unspecified atom stereocenters. The second kappa shape index (κ2) is 14.7. The Balaban J connectivity index is 1.03. The summed E-state index contributed by atoms with van der Waals surface area (Å²) >= 11 is 0. The van der Waals surface area contributed by atoms with E-state index in [4.69, 9.17) is 9.97 Å². The van der Waals surface area contributed by atoms with Crippen LogP contribution < -0.4 is 0 Å². The number of fused-ring (bicyclic) bond motifs is 8. The van der Waals surface area contributed by atoms with Gasteiger partial charge in [-0.1, -0.05) is 226 Å². The van der Waals surface area contributed by atoms with Crippen LogP contribution >= 0.6 is 0 Å². The monoisotopic (exact) mass is 840 g/mol. The fraction of sp³-hybridized carbons (Fsp3) is 0.0625. The second-order valence-corrected chi connectivity index (χ2v) is 18.4. The van der Waals surface area contributed by atoms with E-state index >= 15 is 0 Å². The fourth-order valence-electron chi connectivity index (χ4n) is 11.7. The molecule has 0 bridgehead atoms. The van der Waals surface area contributed by atoms with Crippen molar-refractivity contribution in [1.82, 2.24) is 9.97 Å². The molecule has 2 aliphatic carbocycles. The predicted molar refractivity (Wildman–Crippen MR) is 274 cm³/mol. The van der Waals surface area contributed by atoms with Gasteiger partial charge >= 0.3 is 0 Å². The molecule has 310 valence electrons. The van der Waals surface area contributed by atoms with E-state index in [1.54, 1.807) is 0 Å². The molecular formula is C64H44N2. The molecule has 11 aromatic rings. The Morgan fingerprint density at radius 3 is 1.55 bits per heavy atom. The summed E-state index contributed by atoms with van der Waals surface area (Å²) in [4.78, 5) is 10.9. The molecule has 2 nitrogen and oxygen atoms in total. The molecule has 2 aliphatic rings. The lowest BCUT2D eigenvalue weighted by Gasteiger charge is -2.33. The highest BCUT2D eigenvalue weighted by Gasteiger charge is 2.47. The highest BCUT2D eigenvalue weighted by molar-refractivity contribution is 6.07. The van der Waals surface area contributed by atoms with Crippen molar-refractivity contribution < 1.29 is 0 Å². The van der Waals surface area contributed by atoms with Gasteiger partial charge < -0.3 is 0 Å². The van der Waals surface area contributed by atoms with Crippen molar-refractivity contribution in [2.75, 3.05) is 0 Å². The highest BCUT2D eigenvalue weighted by atomic mass is 14.9. The molecule has 0 fully saturated rings.